The molecule has 1 N–H and O–H groups in total. The SMILES string of the molecule is CCCNc1nc(C)cc(-c2cccc(F)c2C)n1. The van der Waals surface area contributed by atoms with Crippen LogP contribution in [0.4, 0.5) is 10.3 Å². The largest absolute Gasteiger partial charge is 0.354 e. The summed E-state index contributed by atoms with van der Waals surface area (Å²) < 4.78 is 13.6. The molecule has 0 aliphatic heterocycles. The summed E-state index contributed by atoms with van der Waals surface area (Å²) in [7, 11) is 0. The van der Waals surface area contributed by atoms with Crippen LogP contribution >= 0.6 is 0 Å². The molecule has 0 spiro atoms. The maximum Gasteiger partial charge on any atom is 0.223 e. The summed E-state index contributed by atoms with van der Waals surface area (Å²) in [5.41, 5.74) is 3.04. The van der Waals surface area contributed by atoms with E-state index in [1.165, 1.54) is 6.07 Å². The zero-order valence-corrected chi connectivity index (χ0v) is 11.5. The monoisotopic (exact) mass is 259 g/mol. The fourth-order valence-electron chi connectivity index (χ4n) is 1.91. The number of halogens is 1. The predicted octanol–water partition coefficient (Wildman–Crippen LogP) is 3.72. The van der Waals surface area contributed by atoms with Crippen LogP contribution in [0.5, 0.6) is 0 Å². The van der Waals surface area contributed by atoms with Gasteiger partial charge in [-0.25, -0.2) is 14.4 Å². The predicted molar refractivity (Wildman–Crippen MR) is 75.7 cm³/mol. The van der Waals surface area contributed by atoms with E-state index in [2.05, 4.69) is 22.2 Å². The van der Waals surface area contributed by atoms with Gasteiger partial charge in [0.05, 0.1) is 5.69 Å². The Hall–Kier alpha value is -1.97. The number of hydrogen-bond acceptors (Lipinski definition) is 3. The van der Waals surface area contributed by atoms with E-state index in [0.29, 0.717) is 11.5 Å². The van der Waals surface area contributed by atoms with Crippen molar-refractivity contribution in [3.63, 3.8) is 0 Å². The van der Waals surface area contributed by atoms with Crippen LogP contribution in [-0.4, -0.2) is 16.5 Å². The Bertz CT molecular complexity index is 582. The van der Waals surface area contributed by atoms with E-state index in [4.69, 9.17) is 0 Å². The van der Waals surface area contributed by atoms with Gasteiger partial charge in [-0.05, 0) is 38.0 Å². The molecular weight excluding hydrogens is 241 g/mol. The third kappa shape index (κ3) is 3.08. The molecule has 0 radical (unpaired) electrons. The van der Waals surface area contributed by atoms with Gasteiger partial charge in [0.2, 0.25) is 5.95 Å². The molecule has 1 aromatic carbocycles. The number of nitrogens with zero attached hydrogens (tertiary/aromatic N) is 2. The molecule has 0 atom stereocenters. The Morgan fingerprint density at radius 1 is 1.21 bits per heavy atom. The highest BCUT2D eigenvalue weighted by Crippen LogP contribution is 2.24. The van der Waals surface area contributed by atoms with Gasteiger partial charge in [-0.2, -0.15) is 0 Å². The van der Waals surface area contributed by atoms with Crippen LogP contribution < -0.4 is 5.32 Å². The minimum atomic E-state index is -0.211. The number of anilines is 1. The highest BCUT2D eigenvalue weighted by molar-refractivity contribution is 5.64. The summed E-state index contributed by atoms with van der Waals surface area (Å²) in [5.74, 6) is 0.386. The summed E-state index contributed by atoms with van der Waals surface area (Å²) in [4.78, 5) is 8.79. The van der Waals surface area contributed by atoms with Gasteiger partial charge >= 0.3 is 0 Å². The molecule has 0 saturated heterocycles. The Morgan fingerprint density at radius 3 is 2.74 bits per heavy atom. The molecule has 0 saturated carbocycles. The van der Waals surface area contributed by atoms with Crippen LogP contribution in [0.1, 0.15) is 24.6 Å². The van der Waals surface area contributed by atoms with Gasteiger partial charge in [0.15, 0.2) is 0 Å². The molecule has 19 heavy (non-hydrogen) atoms. The lowest BCUT2D eigenvalue weighted by Gasteiger charge is -2.10. The Kier molecular flexibility index (Phi) is 4.10. The van der Waals surface area contributed by atoms with Crippen LogP contribution in [0.2, 0.25) is 0 Å². The van der Waals surface area contributed by atoms with Crippen molar-refractivity contribution in [1.29, 1.82) is 0 Å². The molecular formula is C15H18FN3. The molecule has 0 fully saturated rings. The zero-order valence-electron chi connectivity index (χ0n) is 11.5. The molecule has 1 aromatic heterocycles. The molecule has 100 valence electrons. The van der Waals surface area contributed by atoms with Crippen molar-refractivity contribution in [2.75, 3.05) is 11.9 Å². The maximum atomic E-state index is 13.6. The van der Waals surface area contributed by atoms with Gasteiger partial charge in [0.25, 0.3) is 0 Å². The molecule has 0 aliphatic carbocycles. The molecule has 0 bridgehead atoms. The van der Waals surface area contributed by atoms with E-state index >= 15 is 0 Å². The second kappa shape index (κ2) is 5.78. The van der Waals surface area contributed by atoms with Crippen molar-refractivity contribution < 1.29 is 4.39 Å². The Labute approximate surface area is 112 Å². The van der Waals surface area contributed by atoms with Gasteiger partial charge in [0.1, 0.15) is 5.82 Å². The van der Waals surface area contributed by atoms with Gasteiger partial charge in [-0.3, -0.25) is 0 Å². The lowest BCUT2D eigenvalue weighted by atomic mass is 10.0. The standard InChI is InChI=1S/C15H18FN3/c1-4-8-17-15-18-10(2)9-14(19-15)12-6-5-7-13(16)11(12)3/h5-7,9H,4,8H2,1-3H3,(H,17,18,19). The highest BCUT2D eigenvalue weighted by atomic mass is 19.1. The molecule has 0 unspecified atom stereocenters. The van der Waals surface area contributed by atoms with Crippen molar-refractivity contribution in [3.05, 3.63) is 41.3 Å². The first-order valence-electron chi connectivity index (χ1n) is 6.47. The first kappa shape index (κ1) is 13.5. The maximum absolute atomic E-state index is 13.6. The summed E-state index contributed by atoms with van der Waals surface area (Å²) >= 11 is 0. The normalized spacial score (nSPS) is 10.5. The van der Waals surface area contributed by atoms with Crippen LogP contribution in [0.25, 0.3) is 11.3 Å². The first-order chi connectivity index (χ1) is 9.11. The van der Waals surface area contributed by atoms with Gasteiger partial charge in [0, 0.05) is 17.8 Å². The summed E-state index contributed by atoms with van der Waals surface area (Å²) in [6.45, 7) is 6.59. The average Bonchev–Trinajstić information content (AvgIpc) is 2.39. The van der Waals surface area contributed by atoms with E-state index in [-0.39, 0.29) is 5.82 Å². The Balaban J connectivity index is 2.44. The number of aromatic nitrogens is 2. The van der Waals surface area contributed by atoms with E-state index < -0.39 is 0 Å². The van der Waals surface area contributed by atoms with Crippen LogP contribution in [0.15, 0.2) is 24.3 Å². The number of hydrogen-bond donors (Lipinski definition) is 1. The lowest BCUT2D eigenvalue weighted by Crippen LogP contribution is -2.06. The lowest BCUT2D eigenvalue weighted by molar-refractivity contribution is 0.619. The molecule has 1 heterocycles. The van der Waals surface area contributed by atoms with Gasteiger partial charge in [-0.15, -0.1) is 0 Å². The number of benzene rings is 1. The molecule has 3 nitrogen and oxygen atoms in total. The minimum absolute atomic E-state index is 0.211. The topological polar surface area (TPSA) is 37.8 Å². The fourth-order valence-corrected chi connectivity index (χ4v) is 1.91. The highest BCUT2D eigenvalue weighted by Gasteiger charge is 2.09. The molecule has 4 heteroatoms. The zero-order chi connectivity index (χ0) is 13.8. The quantitative estimate of drug-likeness (QED) is 0.909. The van der Waals surface area contributed by atoms with Crippen LogP contribution in [0, 0.1) is 19.7 Å². The van der Waals surface area contributed by atoms with Crippen LogP contribution in [0.3, 0.4) is 0 Å². The molecule has 2 rings (SSSR count). The van der Waals surface area contributed by atoms with E-state index in [0.717, 1.165) is 29.9 Å². The summed E-state index contributed by atoms with van der Waals surface area (Å²) in [6.07, 6.45) is 1.01. The third-order valence-corrected chi connectivity index (χ3v) is 2.93. The molecule has 2 aromatic rings. The van der Waals surface area contributed by atoms with Crippen molar-refractivity contribution >= 4 is 5.95 Å². The van der Waals surface area contributed by atoms with E-state index in [9.17, 15) is 4.39 Å². The number of aryl methyl sites for hydroxylation is 1. The van der Waals surface area contributed by atoms with E-state index in [1.54, 1.807) is 13.0 Å². The summed E-state index contributed by atoms with van der Waals surface area (Å²) in [6, 6.07) is 6.92. The third-order valence-electron chi connectivity index (χ3n) is 2.93. The molecule has 0 aliphatic rings. The van der Waals surface area contributed by atoms with Crippen molar-refractivity contribution in [1.82, 2.24) is 9.97 Å². The summed E-state index contributed by atoms with van der Waals surface area (Å²) in [5, 5.41) is 3.16. The Morgan fingerprint density at radius 2 is 2.00 bits per heavy atom. The van der Waals surface area contributed by atoms with Crippen LogP contribution in [-0.2, 0) is 0 Å². The number of rotatable bonds is 4. The smallest absolute Gasteiger partial charge is 0.223 e. The second-order valence-corrected chi connectivity index (χ2v) is 4.56. The fraction of sp³-hybridized carbons (Fsp3) is 0.333. The molecule has 0 amide bonds. The second-order valence-electron chi connectivity index (χ2n) is 4.56. The van der Waals surface area contributed by atoms with E-state index in [1.807, 2.05) is 19.1 Å². The number of nitrogens with one attached hydrogen (secondary N) is 1. The van der Waals surface area contributed by atoms with Crippen molar-refractivity contribution in [2.45, 2.75) is 27.2 Å². The van der Waals surface area contributed by atoms with Crippen molar-refractivity contribution in [3.8, 4) is 11.3 Å². The van der Waals surface area contributed by atoms with Crippen molar-refractivity contribution in [2.24, 2.45) is 0 Å². The average molecular weight is 259 g/mol. The minimum Gasteiger partial charge on any atom is -0.354 e. The van der Waals surface area contributed by atoms with Gasteiger partial charge in [-0.1, -0.05) is 19.1 Å². The first-order valence-corrected chi connectivity index (χ1v) is 6.47. The van der Waals surface area contributed by atoms with Gasteiger partial charge < -0.3 is 5.32 Å².